The first-order valence-corrected chi connectivity index (χ1v) is 12.5. The molecule has 3 aromatic carbocycles. The Hall–Kier alpha value is -3.29. The number of nitrogens with zero attached hydrogens (tertiary/aromatic N) is 2. The second-order valence-electron chi connectivity index (χ2n) is 9.78. The van der Waals surface area contributed by atoms with E-state index in [9.17, 15) is 18.7 Å². The zero-order chi connectivity index (χ0) is 25.2. The number of carbonyl (C=O) groups excluding carboxylic acids is 1. The third kappa shape index (κ3) is 4.61. The van der Waals surface area contributed by atoms with Gasteiger partial charge in [0.2, 0.25) is 5.91 Å². The summed E-state index contributed by atoms with van der Waals surface area (Å²) in [4.78, 5) is 17.4. The molecule has 2 heterocycles. The van der Waals surface area contributed by atoms with E-state index in [1.165, 1.54) is 24.3 Å². The van der Waals surface area contributed by atoms with Gasteiger partial charge >= 0.3 is 0 Å². The molecule has 0 radical (unpaired) electrons. The highest BCUT2D eigenvalue weighted by Gasteiger charge is 2.50. The number of halogens is 2. The quantitative estimate of drug-likeness (QED) is 0.514. The molecule has 1 spiro atoms. The van der Waals surface area contributed by atoms with Gasteiger partial charge in [-0.05, 0) is 79.8 Å². The molecule has 0 saturated carbocycles. The molecule has 0 aromatic heterocycles. The van der Waals surface area contributed by atoms with Crippen molar-refractivity contribution in [3.63, 3.8) is 0 Å². The van der Waals surface area contributed by atoms with E-state index >= 15 is 0 Å². The third-order valence-corrected chi connectivity index (χ3v) is 7.74. The molecule has 2 aliphatic rings. The van der Waals surface area contributed by atoms with Gasteiger partial charge in [0, 0.05) is 18.8 Å². The number of likely N-dealkylation sites (tertiary alicyclic amines) is 1. The number of benzene rings is 3. The summed E-state index contributed by atoms with van der Waals surface area (Å²) in [6, 6.07) is 21.7. The summed E-state index contributed by atoms with van der Waals surface area (Å²) < 4.78 is 27.1. The number of anilines is 1. The van der Waals surface area contributed by atoms with Gasteiger partial charge in [0.1, 0.15) is 22.8 Å². The lowest BCUT2D eigenvalue weighted by atomic mass is 9.82. The monoisotopic (exact) mass is 491 g/mol. The van der Waals surface area contributed by atoms with Crippen molar-refractivity contribution in [2.45, 2.75) is 36.8 Å². The van der Waals surface area contributed by atoms with Crippen molar-refractivity contribution >= 4 is 11.6 Å². The zero-order valence-electron chi connectivity index (χ0n) is 20.2. The number of piperidine rings is 1. The standard InChI is InChI=1S/C29H31F2N3O2/c30-24-11-7-22(8-12-24)29(36,23-9-13-25(31)14-10-23)15-4-18-33-19-16-28(17-20-33)27(35)32-21-34(28)26-5-2-1-3-6-26/h1-3,5-14,36H,4,15-21H2,(H,32,35). The minimum absolute atomic E-state index is 0.0907. The first-order chi connectivity index (χ1) is 17.4. The minimum Gasteiger partial charge on any atom is -0.380 e. The lowest BCUT2D eigenvalue weighted by molar-refractivity contribution is -0.125. The molecule has 7 heteroatoms. The lowest BCUT2D eigenvalue weighted by Crippen LogP contribution is -2.56. The maximum absolute atomic E-state index is 13.5. The maximum atomic E-state index is 13.5. The molecule has 2 fully saturated rings. The smallest absolute Gasteiger partial charge is 0.247 e. The van der Waals surface area contributed by atoms with Gasteiger partial charge in [-0.15, -0.1) is 0 Å². The van der Waals surface area contributed by atoms with E-state index in [1.807, 2.05) is 30.3 Å². The van der Waals surface area contributed by atoms with Crippen molar-refractivity contribution < 1.29 is 18.7 Å². The molecule has 0 aliphatic carbocycles. The Morgan fingerprint density at radius 1 is 0.861 bits per heavy atom. The van der Waals surface area contributed by atoms with Crippen molar-refractivity contribution in [3.8, 4) is 0 Å². The van der Waals surface area contributed by atoms with Gasteiger partial charge in [0.05, 0.1) is 6.67 Å². The molecule has 2 aliphatic heterocycles. The fourth-order valence-electron chi connectivity index (χ4n) is 5.64. The highest BCUT2D eigenvalue weighted by atomic mass is 19.1. The van der Waals surface area contributed by atoms with E-state index in [-0.39, 0.29) is 17.5 Å². The van der Waals surface area contributed by atoms with Gasteiger partial charge in [-0.25, -0.2) is 8.78 Å². The predicted molar refractivity (Wildman–Crippen MR) is 135 cm³/mol. The fourth-order valence-corrected chi connectivity index (χ4v) is 5.64. The number of carbonyl (C=O) groups is 1. The molecule has 0 unspecified atom stereocenters. The van der Waals surface area contributed by atoms with Crippen molar-refractivity contribution in [1.82, 2.24) is 10.2 Å². The summed E-state index contributed by atoms with van der Waals surface area (Å²) in [5.74, 6) is -0.654. The number of para-hydroxylation sites is 1. The van der Waals surface area contributed by atoms with Crippen LogP contribution in [0.3, 0.4) is 0 Å². The van der Waals surface area contributed by atoms with Gasteiger partial charge < -0.3 is 20.2 Å². The Labute approximate surface area is 210 Å². The van der Waals surface area contributed by atoms with E-state index in [2.05, 4.69) is 15.1 Å². The number of aliphatic hydroxyl groups is 1. The molecule has 5 nitrogen and oxygen atoms in total. The highest BCUT2D eigenvalue weighted by Crippen LogP contribution is 2.37. The second kappa shape index (κ2) is 9.99. The summed E-state index contributed by atoms with van der Waals surface area (Å²) >= 11 is 0. The van der Waals surface area contributed by atoms with Crippen LogP contribution in [0, 0.1) is 11.6 Å². The largest absolute Gasteiger partial charge is 0.380 e. The SMILES string of the molecule is O=C1NCN(c2ccccc2)C12CCN(CCCC(O)(c1ccc(F)cc1)c1ccc(F)cc1)CC2. The zero-order valence-corrected chi connectivity index (χ0v) is 20.2. The van der Waals surface area contributed by atoms with Crippen LogP contribution < -0.4 is 10.2 Å². The molecule has 0 atom stereocenters. The second-order valence-corrected chi connectivity index (χ2v) is 9.78. The number of amides is 1. The Kier molecular flexibility index (Phi) is 6.77. The van der Waals surface area contributed by atoms with Crippen LogP contribution >= 0.6 is 0 Å². The maximum Gasteiger partial charge on any atom is 0.247 e. The topological polar surface area (TPSA) is 55.8 Å². The molecule has 1 amide bonds. The molecular weight excluding hydrogens is 460 g/mol. The van der Waals surface area contributed by atoms with E-state index in [0.717, 1.165) is 38.2 Å². The van der Waals surface area contributed by atoms with Crippen LogP contribution in [0.2, 0.25) is 0 Å². The predicted octanol–water partition coefficient (Wildman–Crippen LogP) is 4.41. The fraction of sp³-hybridized carbons (Fsp3) is 0.345. The minimum atomic E-state index is -1.35. The molecule has 0 bridgehead atoms. The molecule has 36 heavy (non-hydrogen) atoms. The highest BCUT2D eigenvalue weighted by molar-refractivity contribution is 5.93. The summed E-state index contributed by atoms with van der Waals surface area (Å²) in [6.07, 6.45) is 2.55. The van der Waals surface area contributed by atoms with E-state index < -0.39 is 11.1 Å². The van der Waals surface area contributed by atoms with Gasteiger partial charge in [-0.2, -0.15) is 0 Å². The van der Waals surface area contributed by atoms with Crippen molar-refractivity contribution in [3.05, 3.63) is 102 Å². The van der Waals surface area contributed by atoms with Gasteiger partial charge in [0.15, 0.2) is 0 Å². The number of nitrogens with one attached hydrogen (secondary N) is 1. The van der Waals surface area contributed by atoms with Crippen LogP contribution in [0.5, 0.6) is 0 Å². The summed E-state index contributed by atoms with van der Waals surface area (Å²) in [5, 5.41) is 14.7. The van der Waals surface area contributed by atoms with Gasteiger partial charge in [0.25, 0.3) is 0 Å². The Morgan fingerprint density at radius 3 is 1.97 bits per heavy atom. The number of hydrogen-bond donors (Lipinski definition) is 2. The number of rotatable bonds is 7. The van der Waals surface area contributed by atoms with Crippen molar-refractivity contribution in [2.75, 3.05) is 31.2 Å². The Morgan fingerprint density at radius 2 is 1.42 bits per heavy atom. The normalized spacial score (nSPS) is 18.0. The van der Waals surface area contributed by atoms with Crippen LogP contribution in [0.4, 0.5) is 14.5 Å². The first-order valence-electron chi connectivity index (χ1n) is 12.5. The molecule has 3 aromatic rings. The van der Waals surface area contributed by atoms with Crippen LogP contribution in [-0.4, -0.2) is 47.8 Å². The third-order valence-electron chi connectivity index (χ3n) is 7.74. The van der Waals surface area contributed by atoms with Crippen molar-refractivity contribution in [2.24, 2.45) is 0 Å². The first kappa shape index (κ1) is 24.4. The Balaban J connectivity index is 1.25. The summed E-state index contributed by atoms with van der Waals surface area (Å²) in [7, 11) is 0. The Bertz CT molecular complexity index is 1130. The number of hydrogen-bond acceptors (Lipinski definition) is 4. The van der Waals surface area contributed by atoms with Crippen LogP contribution in [0.15, 0.2) is 78.9 Å². The molecule has 188 valence electrons. The van der Waals surface area contributed by atoms with E-state index in [0.29, 0.717) is 30.6 Å². The van der Waals surface area contributed by atoms with Crippen LogP contribution in [-0.2, 0) is 10.4 Å². The summed E-state index contributed by atoms with van der Waals surface area (Å²) in [6.45, 7) is 2.84. The molecular formula is C29H31F2N3O2. The van der Waals surface area contributed by atoms with Crippen molar-refractivity contribution in [1.29, 1.82) is 0 Å². The molecule has 2 N–H and O–H groups in total. The lowest BCUT2D eigenvalue weighted by Gasteiger charge is -2.43. The van der Waals surface area contributed by atoms with Crippen LogP contribution in [0.1, 0.15) is 36.8 Å². The van der Waals surface area contributed by atoms with E-state index in [1.54, 1.807) is 24.3 Å². The molecule has 2 saturated heterocycles. The van der Waals surface area contributed by atoms with E-state index in [4.69, 9.17) is 0 Å². The average Bonchev–Trinajstić information content (AvgIpc) is 3.21. The van der Waals surface area contributed by atoms with Gasteiger partial charge in [-0.1, -0.05) is 42.5 Å². The molecule has 5 rings (SSSR count). The summed E-state index contributed by atoms with van der Waals surface area (Å²) in [5.41, 5.74) is 0.325. The van der Waals surface area contributed by atoms with Gasteiger partial charge in [-0.3, -0.25) is 4.79 Å². The van der Waals surface area contributed by atoms with Crippen LogP contribution in [0.25, 0.3) is 0 Å². The average molecular weight is 492 g/mol.